The summed E-state index contributed by atoms with van der Waals surface area (Å²) in [6.07, 6.45) is -4.66. The lowest BCUT2D eigenvalue weighted by atomic mass is 9.85. The lowest BCUT2D eigenvalue weighted by molar-refractivity contribution is -0.215. The van der Waals surface area contributed by atoms with E-state index in [0.717, 1.165) is 0 Å². The molecule has 2 N–H and O–H groups in total. The van der Waals surface area contributed by atoms with Crippen molar-refractivity contribution in [1.82, 2.24) is 10.6 Å². The fourth-order valence-corrected chi connectivity index (χ4v) is 1.50. The van der Waals surface area contributed by atoms with E-state index in [1.54, 1.807) is 0 Å². The molecule has 1 amide bonds. The van der Waals surface area contributed by atoms with Crippen molar-refractivity contribution in [1.29, 1.82) is 0 Å². The third kappa shape index (κ3) is 1.50. The molecule has 1 fully saturated rings. The predicted octanol–water partition coefficient (Wildman–Crippen LogP) is 0.274. The SMILES string of the molecule is CNC(=O)C1(C(F)(F)F)CCNC1. The minimum absolute atomic E-state index is 0.184. The summed E-state index contributed by atoms with van der Waals surface area (Å²) in [5.74, 6) is -0.954. The van der Waals surface area contributed by atoms with E-state index in [1.807, 2.05) is 0 Å². The van der Waals surface area contributed by atoms with Crippen LogP contribution in [0.5, 0.6) is 0 Å². The highest BCUT2D eigenvalue weighted by Gasteiger charge is 2.61. The molecule has 0 aromatic carbocycles. The molecule has 13 heavy (non-hydrogen) atoms. The maximum atomic E-state index is 12.6. The molecule has 1 saturated heterocycles. The number of rotatable bonds is 1. The minimum Gasteiger partial charge on any atom is -0.358 e. The van der Waals surface area contributed by atoms with Crippen LogP contribution in [-0.2, 0) is 4.79 Å². The highest BCUT2D eigenvalue weighted by molar-refractivity contribution is 5.84. The standard InChI is InChI=1S/C7H11F3N2O/c1-11-5(13)6(7(8,9)10)2-3-12-4-6/h12H,2-4H2,1H3,(H,11,13). The number of amides is 1. The van der Waals surface area contributed by atoms with Crippen molar-refractivity contribution >= 4 is 5.91 Å². The summed E-state index contributed by atoms with van der Waals surface area (Å²) in [5, 5.41) is 4.61. The summed E-state index contributed by atoms with van der Waals surface area (Å²) in [4.78, 5) is 11.1. The first-order chi connectivity index (χ1) is 5.94. The lowest BCUT2D eigenvalue weighted by Crippen LogP contribution is -2.51. The molecule has 3 nitrogen and oxygen atoms in total. The summed E-state index contributed by atoms with van der Waals surface area (Å²) in [6, 6.07) is 0. The van der Waals surface area contributed by atoms with Crippen LogP contribution in [0, 0.1) is 5.41 Å². The van der Waals surface area contributed by atoms with Gasteiger partial charge in [0.2, 0.25) is 5.91 Å². The number of halogens is 3. The minimum atomic E-state index is -4.48. The number of carbonyl (C=O) groups excluding carboxylic acids is 1. The van der Waals surface area contributed by atoms with Crippen molar-refractivity contribution in [3.63, 3.8) is 0 Å². The molecule has 1 heterocycles. The van der Waals surface area contributed by atoms with Gasteiger partial charge >= 0.3 is 6.18 Å². The van der Waals surface area contributed by atoms with Crippen molar-refractivity contribution in [2.45, 2.75) is 12.6 Å². The normalized spacial score (nSPS) is 28.9. The fraction of sp³-hybridized carbons (Fsp3) is 0.857. The zero-order chi connectivity index (χ0) is 10.1. The molecular formula is C7H11F3N2O. The zero-order valence-electron chi connectivity index (χ0n) is 7.16. The molecule has 0 bridgehead atoms. The summed E-state index contributed by atoms with van der Waals surface area (Å²) >= 11 is 0. The van der Waals surface area contributed by atoms with Gasteiger partial charge in [0.05, 0.1) is 0 Å². The Morgan fingerprint density at radius 2 is 2.15 bits per heavy atom. The van der Waals surface area contributed by atoms with E-state index in [4.69, 9.17) is 0 Å². The average molecular weight is 196 g/mol. The molecule has 76 valence electrons. The second-order valence-electron chi connectivity index (χ2n) is 3.09. The van der Waals surface area contributed by atoms with Crippen LogP contribution < -0.4 is 10.6 Å². The highest BCUT2D eigenvalue weighted by Crippen LogP contribution is 2.42. The zero-order valence-corrected chi connectivity index (χ0v) is 7.16. The van der Waals surface area contributed by atoms with Gasteiger partial charge < -0.3 is 10.6 Å². The van der Waals surface area contributed by atoms with Gasteiger partial charge in [-0.25, -0.2) is 0 Å². The molecule has 1 aliphatic rings. The highest BCUT2D eigenvalue weighted by atomic mass is 19.4. The number of carbonyl (C=O) groups is 1. The van der Waals surface area contributed by atoms with Crippen molar-refractivity contribution in [3.8, 4) is 0 Å². The Morgan fingerprint density at radius 1 is 1.54 bits per heavy atom. The Morgan fingerprint density at radius 3 is 2.46 bits per heavy atom. The van der Waals surface area contributed by atoms with E-state index in [2.05, 4.69) is 10.6 Å². The van der Waals surface area contributed by atoms with Gasteiger partial charge in [-0.1, -0.05) is 0 Å². The Hall–Kier alpha value is -0.780. The van der Waals surface area contributed by atoms with Gasteiger partial charge in [-0.05, 0) is 13.0 Å². The van der Waals surface area contributed by atoms with Crippen LogP contribution in [0.15, 0.2) is 0 Å². The molecule has 1 rings (SSSR count). The number of nitrogens with one attached hydrogen (secondary N) is 2. The van der Waals surface area contributed by atoms with Crippen LogP contribution >= 0.6 is 0 Å². The van der Waals surface area contributed by atoms with E-state index in [1.165, 1.54) is 7.05 Å². The maximum Gasteiger partial charge on any atom is 0.404 e. The van der Waals surface area contributed by atoms with Gasteiger partial charge in [-0.3, -0.25) is 4.79 Å². The molecule has 6 heteroatoms. The molecular weight excluding hydrogens is 185 g/mol. The Labute approximate surface area is 73.7 Å². The van der Waals surface area contributed by atoms with Gasteiger partial charge in [0.25, 0.3) is 0 Å². The van der Waals surface area contributed by atoms with Gasteiger partial charge in [0, 0.05) is 13.6 Å². The Bertz CT molecular complexity index is 208. The number of hydrogen-bond donors (Lipinski definition) is 2. The number of hydrogen-bond acceptors (Lipinski definition) is 2. The first-order valence-corrected chi connectivity index (χ1v) is 3.94. The van der Waals surface area contributed by atoms with Crippen LogP contribution in [-0.4, -0.2) is 32.2 Å². The van der Waals surface area contributed by atoms with Crippen LogP contribution in [0.4, 0.5) is 13.2 Å². The molecule has 0 aliphatic carbocycles. The second kappa shape index (κ2) is 3.17. The van der Waals surface area contributed by atoms with Gasteiger partial charge in [0.15, 0.2) is 5.41 Å². The summed E-state index contributed by atoms with van der Waals surface area (Å²) in [5.41, 5.74) is -2.22. The van der Waals surface area contributed by atoms with Gasteiger partial charge in [0.1, 0.15) is 0 Å². The van der Waals surface area contributed by atoms with Crippen molar-refractivity contribution in [3.05, 3.63) is 0 Å². The summed E-state index contributed by atoms with van der Waals surface area (Å²) < 4.78 is 37.7. The van der Waals surface area contributed by atoms with Crippen molar-refractivity contribution in [2.75, 3.05) is 20.1 Å². The largest absolute Gasteiger partial charge is 0.404 e. The first kappa shape index (κ1) is 10.3. The predicted molar refractivity (Wildman–Crippen MR) is 40.0 cm³/mol. The third-order valence-electron chi connectivity index (χ3n) is 2.36. The first-order valence-electron chi connectivity index (χ1n) is 3.94. The van der Waals surface area contributed by atoms with Crippen molar-refractivity contribution in [2.24, 2.45) is 5.41 Å². The summed E-state index contributed by atoms with van der Waals surface area (Å²) in [7, 11) is 1.22. The number of alkyl halides is 3. The fourth-order valence-electron chi connectivity index (χ4n) is 1.50. The molecule has 0 aromatic rings. The quantitative estimate of drug-likeness (QED) is 0.632. The molecule has 0 spiro atoms. The molecule has 1 unspecified atom stereocenters. The smallest absolute Gasteiger partial charge is 0.358 e. The second-order valence-corrected chi connectivity index (χ2v) is 3.09. The third-order valence-corrected chi connectivity index (χ3v) is 2.36. The Balaban J connectivity index is 2.94. The van der Waals surface area contributed by atoms with Gasteiger partial charge in [-0.2, -0.15) is 13.2 Å². The monoisotopic (exact) mass is 196 g/mol. The average Bonchev–Trinajstić information content (AvgIpc) is 2.50. The molecule has 1 atom stereocenters. The van der Waals surface area contributed by atoms with E-state index in [9.17, 15) is 18.0 Å². The lowest BCUT2D eigenvalue weighted by Gasteiger charge is -2.28. The van der Waals surface area contributed by atoms with E-state index >= 15 is 0 Å². The maximum absolute atomic E-state index is 12.6. The van der Waals surface area contributed by atoms with Crippen LogP contribution in [0.25, 0.3) is 0 Å². The van der Waals surface area contributed by atoms with Crippen LogP contribution in [0.2, 0.25) is 0 Å². The Kier molecular flexibility index (Phi) is 2.51. The molecule has 1 aliphatic heterocycles. The van der Waals surface area contributed by atoms with Crippen LogP contribution in [0.3, 0.4) is 0 Å². The van der Waals surface area contributed by atoms with E-state index in [-0.39, 0.29) is 19.5 Å². The molecule has 0 aromatic heterocycles. The van der Waals surface area contributed by atoms with Crippen LogP contribution in [0.1, 0.15) is 6.42 Å². The van der Waals surface area contributed by atoms with E-state index < -0.39 is 17.5 Å². The topological polar surface area (TPSA) is 41.1 Å². The van der Waals surface area contributed by atoms with Gasteiger partial charge in [-0.15, -0.1) is 0 Å². The molecule has 0 radical (unpaired) electrons. The molecule has 0 saturated carbocycles. The van der Waals surface area contributed by atoms with E-state index in [0.29, 0.717) is 0 Å². The van der Waals surface area contributed by atoms with Crippen molar-refractivity contribution < 1.29 is 18.0 Å². The summed E-state index contributed by atoms with van der Waals surface area (Å²) in [6.45, 7) is -0.0941.